The molecule has 5 nitrogen and oxygen atoms in total. The molecule has 0 fully saturated rings. The third kappa shape index (κ3) is 3.46. The second-order valence-electron chi connectivity index (χ2n) is 3.91. The van der Waals surface area contributed by atoms with Crippen molar-refractivity contribution >= 4 is 22.4 Å². The normalized spacial score (nSPS) is 12.8. The molecule has 4 N–H and O–H groups in total. The van der Waals surface area contributed by atoms with Crippen LogP contribution in [0.3, 0.4) is 0 Å². The number of nitrogen functional groups attached to an aromatic ring is 1. The number of carbonyl (C=O) groups excluding carboxylic acids is 1. The molecule has 90 valence electrons. The van der Waals surface area contributed by atoms with Crippen LogP contribution in [-0.2, 0) is 0 Å². The Bertz CT molecular complexity index is 352. The maximum Gasteiger partial charge on any atom is 0.271 e. The van der Waals surface area contributed by atoms with E-state index in [0.717, 1.165) is 0 Å². The maximum atomic E-state index is 11.7. The molecule has 16 heavy (non-hydrogen) atoms. The minimum absolute atomic E-state index is 0.0413. The highest BCUT2D eigenvalue weighted by Crippen LogP contribution is 2.12. The van der Waals surface area contributed by atoms with Gasteiger partial charge in [0, 0.05) is 18.0 Å². The Morgan fingerprint density at radius 1 is 1.69 bits per heavy atom. The van der Waals surface area contributed by atoms with Crippen LogP contribution in [0.1, 0.15) is 30.8 Å². The number of nitrogens with zero attached hydrogens (tertiary/aromatic N) is 1. The molecule has 1 atom stereocenters. The van der Waals surface area contributed by atoms with Gasteiger partial charge in [0.15, 0.2) is 5.13 Å². The fraction of sp³-hybridized carbons (Fsp3) is 0.600. The SMILES string of the molecule is CC(C)C(CCO)NC(=O)c1csc(N)n1. The van der Waals surface area contributed by atoms with Gasteiger partial charge in [-0.3, -0.25) is 4.79 Å². The highest BCUT2D eigenvalue weighted by atomic mass is 32.1. The lowest BCUT2D eigenvalue weighted by atomic mass is 10.0. The Balaban J connectivity index is 2.61. The van der Waals surface area contributed by atoms with E-state index in [9.17, 15) is 4.79 Å². The number of carbonyl (C=O) groups is 1. The zero-order valence-electron chi connectivity index (χ0n) is 9.43. The first-order valence-corrected chi connectivity index (χ1v) is 6.05. The van der Waals surface area contributed by atoms with Crippen molar-refractivity contribution in [1.82, 2.24) is 10.3 Å². The van der Waals surface area contributed by atoms with Crippen molar-refractivity contribution < 1.29 is 9.90 Å². The van der Waals surface area contributed by atoms with Crippen LogP contribution >= 0.6 is 11.3 Å². The number of aliphatic hydroxyl groups excluding tert-OH is 1. The Labute approximate surface area is 98.7 Å². The second-order valence-corrected chi connectivity index (χ2v) is 4.80. The van der Waals surface area contributed by atoms with Crippen molar-refractivity contribution in [3.05, 3.63) is 11.1 Å². The van der Waals surface area contributed by atoms with Crippen molar-refractivity contribution in [3.8, 4) is 0 Å². The molecule has 0 spiro atoms. The van der Waals surface area contributed by atoms with Crippen LogP contribution in [0.25, 0.3) is 0 Å². The Hall–Kier alpha value is -1.14. The molecule has 0 saturated carbocycles. The second kappa shape index (κ2) is 5.81. The zero-order chi connectivity index (χ0) is 12.1. The van der Waals surface area contributed by atoms with Gasteiger partial charge < -0.3 is 16.2 Å². The monoisotopic (exact) mass is 243 g/mol. The van der Waals surface area contributed by atoms with Gasteiger partial charge in [0.1, 0.15) is 5.69 Å². The van der Waals surface area contributed by atoms with Crippen LogP contribution in [-0.4, -0.2) is 28.6 Å². The van der Waals surface area contributed by atoms with Gasteiger partial charge in [0.2, 0.25) is 0 Å². The van der Waals surface area contributed by atoms with Crippen molar-refractivity contribution in [2.24, 2.45) is 5.92 Å². The fourth-order valence-electron chi connectivity index (χ4n) is 1.35. The molecule has 1 rings (SSSR count). The number of nitrogens with one attached hydrogen (secondary N) is 1. The average Bonchev–Trinajstić information content (AvgIpc) is 2.64. The third-order valence-corrected chi connectivity index (χ3v) is 2.99. The van der Waals surface area contributed by atoms with Crippen LogP contribution in [0.2, 0.25) is 0 Å². The quantitative estimate of drug-likeness (QED) is 0.715. The minimum Gasteiger partial charge on any atom is -0.396 e. The largest absolute Gasteiger partial charge is 0.396 e. The van der Waals surface area contributed by atoms with Crippen molar-refractivity contribution in [3.63, 3.8) is 0 Å². The summed E-state index contributed by atoms with van der Waals surface area (Å²) in [5.41, 5.74) is 5.79. The highest BCUT2D eigenvalue weighted by molar-refractivity contribution is 7.13. The standard InChI is InChI=1S/C10H17N3O2S/c1-6(2)7(3-4-14)12-9(15)8-5-16-10(11)13-8/h5-7,14H,3-4H2,1-2H3,(H2,11,13)(H,12,15). The Morgan fingerprint density at radius 3 is 2.81 bits per heavy atom. The average molecular weight is 243 g/mol. The van der Waals surface area contributed by atoms with Gasteiger partial charge in [0.05, 0.1) is 0 Å². The number of thiazole rings is 1. The van der Waals surface area contributed by atoms with E-state index < -0.39 is 0 Å². The van der Waals surface area contributed by atoms with Crippen LogP contribution in [0, 0.1) is 5.92 Å². The lowest BCUT2D eigenvalue weighted by Crippen LogP contribution is -2.39. The van der Waals surface area contributed by atoms with E-state index in [4.69, 9.17) is 10.8 Å². The molecule has 6 heteroatoms. The molecular formula is C10H17N3O2S. The van der Waals surface area contributed by atoms with E-state index in [0.29, 0.717) is 17.2 Å². The first-order chi connectivity index (χ1) is 7.54. The lowest BCUT2D eigenvalue weighted by molar-refractivity contribution is 0.0912. The summed E-state index contributed by atoms with van der Waals surface area (Å²) < 4.78 is 0. The van der Waals surface area contributed by atoms with Gasteiger partial charge in [-0.05, 0) is 12.3 Å². The van der Waals surface area contributed by atoms with Crippen LogP contribution < -0.4 is 11.1 Å². The van der Waals surface area contributed by atoms with E-state index in [-0.39, 0.29) is 24.5 Å². The first-order valence-electron chi connectivity index (χ1n) is 5.17. The van der Waals surface area contributed by atoms with E-state index >= 15 is 0 Å². The molecule has 1 aromatic heterocycles. The summed E-state index contributed by atoms with van der Waals surface area (Å²) in [6.45, 7) is 4.05. The number of anilines is 1. The van der Waals surface area contributed by atoms with Crippen molar-refractivity contribution in [1.29, 1.82) is 0 Å². The molecule has 1 amide bonds. The number of hydrogen-bond acceptors (Lipinski definition) is 5. The van der Waals surface area contributed by atoms with Gasteiger partial charge in [-0.15, -0.1) is 11.3 Å². The van der Waals surface area contributed by atoms with E-state index in [1.54, 1.807) is 5.38 Å². The van der Waals surface area contributed by atoms with Crippen molar-refractivity contribution in [2.75, 3.05) is 12.3 Å². The van der Waals surface area contributed by atoms with Gasteiger partial charge in [-0.2, -0.15) is 0 Å². The number of rotatable bonds is 5. The number of aromatic nitrogens is 1. The topological polar surface area (TPSA) is 88.2 Å². The summed E-state index contributed by atoms with van der Waals surface area (Å²) >= 11 is 1.24. The molecule has 0 bridgehead atoms. The van der Waals surface area contributed by atoms with Crippen LogP contribution in [0.4, 0.5) is 5.13 Å². The molecule has 1 aromatic rings. The zero-order valence-corrected chi connectivity index (χ0v) is 10.3. The van der Waals surface area contributed by atoms with Crippen molar-refractivity contribution in [2.45, 2.75) is 26.3 Å². The lowest BCUT2D eigenvalue weighted by Gasteiger charge is -2.20. The molecule has 0 saturated heterocycles. The molecule has 1 unspecified atom stereocenters. The first kappa shape index (κ1) is 12.9. The smallest absolute Gasteiger partial charge is 0.271 e. The number of hydrogen-bond donors (Lipinski definition) is 3. The van der Waals surface area contributed by atoms with Gasteiger partial charge >= 0.3 is 0 Å². The Morgan fingerprint density at radius 2 is 2.38 bits per heavy atom. The molecule has 0 radical (unpaired) electrons. The molecule has 1 heterocycles. The summed E-state index contributed by atoms with van der Waals surface area (Å²) in [5.74, 6) is 0.0344. The Kier molecular flexibility index (Phi) is 4.70. The molecule has 0 aliphatic rings. The van der Waals surface area contributed by atoms with E-state index in [2.05, 4.69) is 10.3 Å². The fourth-order valence-corrected chi connectivity index (χ4v) is 1.89. The minimum atomic E-state index is -0.236. The van der Waals surface area contributed by atoms with Crippen LogP contribution in [0.15, 0.2) is 5.38 Å². The number of aliphatic hydroxyl groups is 1. The predicted octanol–water partition coefficient (Wildman–Crippen LogP) is 0.862. The molecule has 0 aliphatic heterocycles. The summed E-state index contributed by atoms with van der Waals surface area (Å²) in [6, 6.07) is -0.0413. The summed E-state index contributed by atoms with van der Waals surface area (Å²) in [7, 11) is 0. The summed E-state index contributed by atoms with van der Waals surface area (Å²) in [4.78, 5) is 15.6. The number of nitrogens with two attached hydrogens (primary N) is 1. The maximum absolute atomic E-state index is 11.7. The molecular weight excluding hydrogens is 226 g/mol. The van der Waals surface area contributed by atoms with Gasteiger partial charge in [-0.1, -0.05) is 13.8 Å². The highest BCUT2D eigenvalue weighted by Gasteiger charge is 2.18. The third-order valence-electron chi connectivity index (χ3n) is 2.32. The summed E-state index contributed by atoms with van der Waals surface area (Å²) in [5, 5.41) is 13.7. The van der Waals surface area contributed by atoms with Gasteiger partial charge in [0.25, 0.3) is 5.91 Å². The molecule has 0 aliphatic carbocycles. The molecule has 0 aromatic carbocycles. The summed E-state index contributed by atoms with van der Waals surface area (Å²) in [6.07, 6.45) is 0.545. The number of amides is 1. The predicted molar refractivity (Wildman–Crippen MR) is 64.3 cm³/mol. The van der Waals surface area contributed by atoms with Gasteiger partial charge in [-0.25, -0.2) is 4.98 Å². The van der Waals surface area contributed by atoms with E-state index in [1.807, 2.05) is 13.8 Å². The van der Waals surface area contributed by atoms with Crippen LogP contribution in [0.5, 0.6) is 0 Å². The van der Waals surface area contributed by atoms with E-state index in [1.165, 1.54) is 11.3 Å².